The predicted octanol–water partition coefficient (Wildman–Crippen LogP) is 5.74. The van der Waals surface area contributed by atoms with Gasteiger partial charge in [0.2, 0.25) is 47.3 Å². The van der Waals surface area contributed by atoms with Gasteiger partial charge in [-0.3, -0.25) is 47.9 Å². The van der Waals surface area contributed by atoms with Crippen LogP contribution >= 0.6 is 22.7 Å². The van der Waals surface area contributed by atoms with E-state index in [1.54, 1.807) is 46.4 Å². The van der Waals surface area contributed by atoms with E-state index in [4.69, 9.17) is 11.5 Å². The average molecular weight is 1280 g/mol. The fourth-order valence-corrected chi connectivity index (χ4v) is 14.9. The zero-order chi connectivity index (χ0) is 66.0. The average Bonchev–Trinajstić information content (AvgIpc) is 1.68. The van der Waals surface area contributed by atoms with Gasteiger partial charge in [-0.1, -0.05) is 85.7 Å². The maximum Gasteiger partial charge on any atom is 0.262 e. The molecule has 3 aromatic rings. The number of fused-ring (bicyclic) bond motifs is 8. The Morgan fingerprint density at radius 1 is 0.511 bits per heavy atom. The highest BCUT2D eigenvalue weighted by Crippen LogP contribution is 2.45. The maximum absolute atomic E-state index is 15.3. The number of amides is 9. The summed E-state index contributed by atoms with van der Waals surface area (Å²) in [4.78, 5) is 156. The second kappa shape index (κ2) is 31.5. The van der Waals surface area contributed by atoms with Crippen molar-refractivity contribution in [2.75, 3.05) is 40.3 Å². The van der Waals surface area contributed by atoms with Gasteiger partial charge < -0.3 is 57.7 Å². The smallest absolute Gasteiger partial charge is 0.262 e. The molecule has 9 atom stereocenters. The van der Waals surface area contributed by atoms with Crippen LogP contribution < -0.4 is 38.1 Å². The number of nitrogens with one attached hydrogen (secondary N) is 5. The van der Waals surface area contributed by atoms with Crippen molar-refractivity contribution in [1.82, 2.24) is 46.2 Å². The zero-order valence-corrected chi connectivity index (χ0v) is 56.3. The summed E-state index contributed by atoms with van der Waals surface area (Å²) in [5.41, 5.74) is 16.7. The predicted molar refractivity (Wildman–Crippen MR) is 351 cm³/mol. The molecule has 4 bridgehead atoms. The topological polar surface area (TPSA) is 296 Å². The van der Waals surface area contributed by atoms with Crippen LogP contribution in [0.25, 0.3) is 11.1 Å². The number of Topliss-reactive ketones (excluding diaryl/α,β-unsaturated/α-hetero) is 1. The molecule has 2 saturated heterocycles. The number of carbonyl (C=O) groups is 10. The number of allylic oxidation sites excluding steroid dienone is 2. The first-order chi connectivity index (χ1) is 42.7. The van der Waals surface area contributed by atoms with Gasteiger partial charge in [-0.05, 0) is 161 Å². The molecule has 1 aromatic carbocycles. The minimum absolute atomic E-state index is 0.0494. The summed E-state index contributed by atoms with van der Waals surface area (Å²) in [7, 11) is 2.98. The van der Waals surface area contributed by atoms with Crippen molar-refractivity contribution in [3.63, 3.8) is 0 Å². The quantitative estimate of drug-likeness (QED) is 0.114. The van der Waals surface area contributed by atoms with Gasteiger partial charge in [0.15, 0.2) is 5.78 Å². The lowest BCUT2D eigenvalue weighted by Gasteiger charge is -2.37. The maximum atomic E-state index is 15.3. The van der Waals surface area contributed by atoms with E-state index in [-0.39, 0.29) is 51.1 Å². The summed E-state index contributed by atoms with van der Waals surface area (Å²) >= 11 is 2.69. The lowest BCUT2D eigenvalue weighted by molar-refractivity contribution is -0.150. The number of benzene rings is 1. The third-order valence-electron chi connectivity index (χ3n) is 18.3. The largest absolute Gasteiger partial charge is 0.343 e. The molecule has 0 spiro atoms. The van der Waals surface area contributed by atoms with E-state index < -0.39 is 131 Å². The van der Waals surface area contributed by atoms with Gasteiger partial charge in [0.1, 0.15) is 48.3 Å². The number of nitrogens with zero attached hydrogens (tertiary/aromatic N) is 4. The van der Waals surface area contributed by atoms with Crippen LogP contribution in [0.3, 0.4) is 0 Å². The van der Waals surface area contributed by atoms with Gasteiger partial charge in [0.05, 0.1) is 15.8 Å². The Balaban J connectivity index is 1.28. The van der Waals surface area contributed by atoms with E-state index in [9.17, 15) is 38.4 Å². The summed E-state index contributed by atoms with van der Waals surface area (Å²) in [6.45, 7) is 19.1. The second-order valence-corrected chi connectivity index (χ2v) is 28.7. The summed E-state index contributed by atoms with van der Waals surface area (Å²) in [5, 5.41) is 14.7. The van der Waals surface area contributed by atoms with Crippen molar-refractivity contribution in [1.29, 1.82) is 0 Å². The first-order valence-electron chi connectivity index (χ1n) is 32.3. The van der Waals surface area contributed by atoms with Crippen LogP contribution in [0, 0.1) is 37.5 Å². The molecule has 2 fully saturated rings. The zero-order valence-electron chi connectivity index (χ0n) is 54.7. The molecule has 5 heterocycles. The van der Waals surface area contributed by atoms with Crippen LogP contribution in [-0.4, -0.2) is 173 Å². The van der Waals surface area contributed by atoms with Crippen molar-refractivity contribution >= 4 is 92.8 Å². The molecule has 4 aliphatic rings. The molecular weight excluding hydrogens is 1180 g/mol. The van der Waals surface area contributed by atoms with Crippen LogP contribution in [0.15, 0.2) is 42.5 Å². The van der Waals surface area contributed by atoms with Crippen molar-refractivity contribution < 1.29 is 47.9 Å². The van der Waals surface area contributed by atoms with Crippen LogP contribution in [0.1, 0.15) is 172 Å². The molecule has 7 rings (SSSR count). The normalized spacial score (nSPS) is 25.5. The number of rotatable bonds is 12. The van der Waals surface area contributed by atoms with E-state index >= 15 is 9.59 Å². The van der Waals surface area contributed by atoms with Gasteiger partial charge in [-0.2, -0.15) is 0 Å². The molecule has 3 aliphatic heterocycles. The van der Waals surface area contributed by atoms with Gasteiger partial charge in [0.25, 0.3) is 5.91 Å². The molecule has 0 radical (unpaired) electrons. The van der Waals surface area contributed by atoms with Gasteiger partial charge in [-0.25, -0.2) is 0 Å². The number of carbonyl (C=O) groups excluding carboxylic acids is 10. The Kier molecular flexibility index (Phi) is 24.7. The number of ketones is 1. The van der Waals surface area contributed by atoms with Crippen LogP contribution in [0.2, 0.25) is 0 Å². The van der Waals surface area contributed by atoms with Crippen LogP contribution in [-0.2, 0) is 44.8 Å². The number of likely N-dealkylation sites (N-methyl/N-ethyl adjacent to an activating group) is 2. The van der Waals surface area contributed by atoms with Crippen molar-refractivity contribution in [2.45, 2.75) is 201 Å². The summed E-state index contributed by atoms with van der Waals surface area (Å²) < 4.78 is 0. The molecule has 21 nitrogen and oxygen atoms in total. The first kappa shape index (κ1) is 70.6. The number of nitrogens with two attached hydrogens (primary N) is 2. The number of hydrogen-bond acceptors (Lipinski definition) is 14. The number of hydrogen-bond donors (Lipinski definition) is 7. The number of aryl methyl sites for hydroxylation is 2. The van der Waals surface area contributed by atoms with Gasteiger partial charge in [-0.15, -0.1) is 22.7 Å². The third kappa shape index (κ3) is 16.3. The van der Waals surface area contributed by atoms with Crippen LogP contribution in [0.5, 0.6) is 0 Å². The van der Waals surface area contributed by atoms with Crippen LogP contribution in [0.4, 0.5) is 0 Å². The highest BCUT2D eigenvalue weighted by Gasteiger charge is 2.45. The van der Waals surface area contributed by atoms with E-state index in [1.807, 2.05) is 70.2 Å². The highest BCUT2D eigenvalue weighted by molar-refractivity contribution is 7.14. The summed E-state index contributed by atoms with van der Waals surface area (Å²) in [5.74, 6) is -7.06. The molecular formula is C67H97N11O10S2. The van der Waals surface area contributed by atoms with Gasteiger partial charge in [0, 0.05) is 43.4 Å². The van der Waals surface area contributed by atoms with E-state index in [1.165, 1.54) is 51.5 Å². The molecule has 9 amide bonds. The first-order valence-corrected chi connectivity index (χ1v) is 33.9. The Labute approximate surface area is 539 Å². The van der Waals surface area contributed by atoms with Crippen molar-refractivity contribution in [2.24, 2.45) is 35.1 Å². The molecule has 1 aliphatic carbocycles. The Hall–Kier alpha value is -6.82. The Morgan fingerprint density at radius 3 is 1.54 bits per heavy atom. The standard InChI is InChI=1S/C67H97N11O10S2/c1-36(2)54-63(84)70-47(25-17-29-68)59(80)72-55(37(3)4)66(87)76(12)51(33-42-21-14-13-15-22-42)64(85)78-32-20-28-50(78)61(82)73-56(38(5)6)65(86)75(11)49(26-18-30-69)60(81)74-57(39(7)8)67(88)77-31-19-27-48(77)58(79)52-34-45(40(9)89-52)43-23-16-24-44(43)46-35-53(62(83)71-54)90-41(46)10/h13-15,21-22,34-39,47-51,54-57H,16-20,23-33,68-69H2,1-12H3,(H,70,84)(H,71,83)(H,72,80)(H,73,82)(H,74,81)/t47-,48+,49-,50-,51+,54-,55-,56-,57-/m0/s1. The highest BCUT2D eigenvalue weighted by atomic mass is 32.1. The van der Waals surface area contributed by atoms with Crippen molar-refractivity contribution in [3.05, 3.63) is 78.7 Å². The van der Waals surface area contributed by atoms with E-state index in [0.717, 1.165) is 56.9 Å². The number of thiophene rings is 2. The molecule has 2 aromatic heterocycles. The lowest BCUT2D eigenvalue weighted by atomic mass is 9.96. The fourth-order valence-electron chi connectivity index (χ4n) is 13.0. The molecule has 23 heteroatoms. The summed E-state index contributed by atoms with van der Waals surface area (Å²) in [6.07, 6.45) is 5.01. The monoisotopic (exact) mass is 1280 g/mol. The summed E-state index contributed by atoms with van der Waals surface area (Å²) in [6, 6.07) is 3.11. The van der Waals surface area contributed by atoms with E-state index in [2.05, 4.69) is 26.6 Å². The minimum atomic E-state index is -1.19. The Bertz CT molecular complexity index is 3160. The fraction of sp³-hybridized carbons (Fsp3) is 0.612. The molecule has 0 saturated carbocycles. The minimum Gasteiger partial charge on any atom is -0.343 e. The SMILES string of the molecule is Cc1sc2cc1C1=C(CCC1)c1cc(sc1C)C(=O)[C@H]1CCCN1C(=O)[C@H](C(C)C)NC(=O)[C@H](CCCN)N(C)C(=O)[C@H](C(C)C)NC(=O)[C@@H]1CCCN1C(=O)[C@@H](Cc1ccccc1)N(C)C(=O)[C@H](C(C)C)NC(=O)[C@H](CCCN)NC(=O)[C@H](C(C)C)NC2=O. The molecule has 90 heavy (non-hydrogen) atoms. The molecule has 492 valence electrons. The molecule has 0 unspecified atom stereocenters. The Morgan fingerprint density at radius 2 is 0.989 bits per heavy atom. The van der Waals surface area contributed by atoms with Crippen molar-refractivity contribution in [3.8, 4) is 0 Å². The second-order valence-electron chi connectivity index (χ2n) is 26.1. The van der Waals surface area contributed by atoms with E-state index in [0.29, 0.717) is 48.4 Å². The van der Waals surface area contributed by atoms with Gasteiger partial charge >= 0.3 is 0 Å². The third-order valence-corrected chi connectivity index (χ3v) is 20.4. The molecule has 9 N–H and O–H groups in total. The lowest BCUT2D eigenvalue weighted by Crippen LogP contribution is -2.62.